The SMILES string of the molecule is CCc1cccc(C)c1NC(=S)NNC(=O)[C@H]1CC(=O)N(c2ccc(C)cc2)C1. The highest BCUT2D eigenvalue weighted by Crippen LogP contribution is 2.25. The second-order valence-corrected chi connectivity index (χ2v) is 7.68. The lowest BCUT2D eigenvalue weighted by atomic mass is 10.1. The summed E-state index contributed by atoms with van der Waals surface area (Å²) >= 11 is 5.32. The summed E-state index contributed by atoms with van der Waals surface area (Å²) in [7, 11) is 0. The molecule has 7 heteroatoms. The van der Waals surface area contributed by atoms with Gasteiger partial charge in [-0.25, -0.2) is 0 Å². The van der Waals surface area contributed by atoms with Crippen LogP contribution in [0.15, 0.2) is 42.5 Å². The van der Waals surface area contributed by atoms with Gasteiger partial charge in [0, 0.05) is 24.3 Å². The van der Waals surface area contributed by atoms with Crippen molar-refractivity contribution < 1.29 is 9.59 Å². The lowest BCUT2D eigenvalue weighted by Crippen LogP contribution is -2.46. The summed E-state index contributed by atoms with van der Waals surface area (Å²) in [6.07, 6.45) is 1.05. The zero-order chi connectivity index (χ0) is 21.0. The molecule has 29 heavy (non-hydrogen) atoms. The molecule has 2 aromatic rings. The molecule has 1 heterocycles. The molecule has 3 rings (SSSR count). The van der Waals surface area contributed by atoms with E-state index >= 15 is 0 Å². The molecule has 2 amide bonds. The number of benzene rings is 2. The average molecular weight is 411 g/mol. The molecule has 0 aromatic heterocycles. The van der Waals surface area contributed by atoms with E-state index in [4.69, 9.17) is 12.2 Å². The van der Waals surface area contributed by atoms with E-state index < -0.39 is 5.92 Å². The first kappa shape index (κ1) is 20.8. The molecule has 1 aliphatic rings. The highest BCUT2D eigenvalue weighted by atomic mass is 32.1. The molecule has 0 spiro atoms. The maximum atomic E-state index is 12.5. The van der Waals surface area contributed by atoms with Crippen molar-refractivity contribution in [3.05, 3.63) is 59.2 Å². The Morgan fingerprint density at radius 3 is 2.55 bits per heavy atom. The van der Waals surface area contributed by atoms with Crippen molar-refractivity contribution in [1.82, 2.24) is 10.9 Å². The Bertz CT molecular complexity index is 927. The van der Waals surface area contributed by atoms with Crippen molar-refractivity contribution in [3.8, 4) is 0 Å². The third-order valence-corrected chi connectivity index (χ3v) is 5.32. The van der Waals surface area contributed by atoms with Crippen molar-refractivity contribution in [3.63, 3.8) is 0 Å². The van der Waals surface area contributed by atoms with Crippen LogP contribution in [0.4, 0.5) is 11.4 Å². The maximum Gasteiger partial charge on any atom is 0.243 e. The quantitative estimate of drug-likeness (QED) is 0.533. The van der Waals surface area contributed by atoms with Gasteiger partial charge in [-0.15, -0.1) is 0 Å². The molecule has 0 saturated carbocycles. The van der Waals surface area contributed by atoms with Crippen LogP contribution in [0, 0.1) is 19.8 Å². The number of thiocarbonyl (C=S) groups is 1. The smallest absolute Gasteiger partial charge is 0.243 e. The number of amides is 2. The zero-order valence-corrected chi connectivity index (χ0v) is 17.7. The number of hydrazine groups is 1. The summed E-state index contributed by atoms with van der Waals surface area (Å²) in [5.74, 6) is -0.733. The van der Waals surface area contributed by atoms with Crippen LogP contribution in [0.25, 0.3) is 0 Å². The monoisotopic (exact) mass is 410 g/mol. The number of hydrogen-bond acceptors (Lipinski definition) is 3. The Balaban J connectivity index is 1.55. The van der Waals surface area contributed by atoms with Gasteiger partial charge in [0.1, 0.15) is 0 Å². The van der Waals surface area contributed by atoms with Crippen LogP contribution in [0.1, 0.15) is 30.0 Å². The van der Waals surface area contributed by atoms with Crippen LogP contribution in [0.2, 0.25) is 0 Å². The third-order valence-electron chi connectivity index (χ3n) is 5.12. The van der Waals surface area contributed by atoms with Gasteiger partial charge in [-0.2, -0.15) is 0 Å². The largest absolute Gasteiger partial charge is 0.331 e. The van der Waals surface area contributed by atoms with E-state index in [0.29, 0.717) is 11.7 Å². The van der Waals surface area contributed by atoms with Crippen LogP contribution in [-0.2, 0) is 16.0 Å². The molecule has 2 aromatic carbocycles. The molecule has 0 aliphatic carbocycles. The number of anilines is 2. The van der Waals surface area contributed by atoms with Crippen LogP contribution in [0.3, 0.4) is 0 Å². The summed E-state index contributed by atoms with van der Waals surface area (Å²) in [5, 5.41) is 3.46. The van der Waals surface area contributed by atoms with Gasteiger partial charge in [0.05, 0.1) is 5.92 Å². The van der Waals surface area contributed by atoms with E-state index in [-0.39, 0.29) is 18.2 Å². The second kappa shape index (κ2) is 9.05. The lowest BCUT2D eigenvalue weighted by Gasteiger charge is -2.18. The Morgan fingerprint density at radius 1 is 1.14 bits per heavy atom. The summed E-state index contributed by atoms with van der Waals surface area (Å²) in [6, 6.07) is 13.8. The Kier molecular flexibility index (Phi) is 6.49. The minimum atomic E-state index is -0.427. The van der Waals surface area contributed by atoms with E-state index in [2.05, 4.69) is 23.1 Å². The minimum Gasteiger partial charge on any atom is -0.331 e. The topological polar surface area (TPSA) is 73.5 Å². The van der Waals surface area contributed by atoms with Crippen LogP contribution in [-0.4, -0.2) is 23.5 Å². The van der Waals surface area contributed by atoms with Crippen molar-refractivity contribution in [2.24, 2.45) is 5.92 Å². The van der Waals surface area contributed by atoms with Gasteiger partial charge in [0.15, 0.2) is 5.11 Å². The number of para-hydroxylation sites is 1. The molecule has 0 unspecified atom stereocenters. The van der Waals surface area contributed by atoms with E-state index in [1.807, 2.05) is 56.3 Å². The van der Waals surface area contributed by atoms with Crippen molar-refractivity contribution in [1.29, 1.82) is 0 Å². The molecule has 0 radical (unpaired) electrons. The number of carbonyl (C=O) groups excluding carboxylic acids is 2. The van der Waals surface area contributed by atoms with Crippen LogP contribution >= 0.6 is 12.2 Å². The standard InChI is InChI=1S/C22H26N4O2S/c1-4-16-7-5-6-15(3)20(16)23-22(29)25-24-21(28)17-12-19(27)26(13-17)18-10-8-14(2)9-11-18/h5-11,17H,4,12-13H2,1-3H3,(H,24,28)(H2,23,25,29)/t17-/m0/s1. The zero-order valence-electron chi connectivity index (χ0n) is 16.9. The van der Waals surface area contributed by atoms with Crippen LogP contribution in [0.5, 0.6) is 0 Å². The Labute approximate surface area is 176 Å². The van der Waals surface area contributed by atoms with Gasteiger partial charge in [-0.3, -0.25) is 20.4 Å². The summed E-state index contributed by atoms with van der Waals surface area (Å²) in [6.45, 7) is 6.43. The highest BCUT2D eigenvalue weighted by molar-refractivity contribution is 7.80. The second-order valence-electron chi connectivity index (χ2n) is 7.27. The Hall–Kier alpha value is -2.93. The van der Waals surface area contributed by atoms with E-state index in [0.717, 1.165) is 34.5 Å². The first-order valence-corrected chi connectivity index (χ1v) is 10.1. The van der Waals surface area contributed by atoms with E-state index in [1.54, 1.807) is 4.90 Å². The van der Waals surface area contributed by atoms with E-state index in [9.17, 15) is 9.59 Å². The average Bonchev–Trinajstić information content (AvgIpc) is 3.10. The number of nitrogens with one attached hydrogen (secondary N) is 3. The first-order chi connectivity index (χ1) is 13.9. The van der Waals surface area contributed by atoms with Gasteiger partial charge in [-0.1, -0.05) is 42.8 Å². The van der Waals surface area contributed by atoms with E-state index in [1.165, 1.54) is 0 Å². The number of hydrogen-bond donors (Lipinski definition) is 3. The Morgan fingerprint density at radius 2 is 1.86 bits per heavy atom. The molecular weight excluding hydrogens is 384 g/mol. The molecule has 152 valence electrons. The molecule has 1 fully saturated rings. The predicted molar refractivity (Wildman–Crippen MR) is 120 cm³/mol. The molecule has 0 bridgehead atoms. The van der Waals surface area contributed by atoms with Crippen LogP contribution < -0.4 is 21.1 Å². The number of carbonyl (C=O) groups is 2. The molecule has 3 N–H and O–H groups in total. The summed E-state index contributed by atoms with van der Waals surface area (Å²) in [4.78, 5) is 26.5. The highest BCUT2D eigenvalue weighted by Gasteiger charge is 2.35. The van der Waals surface area contributed by atoms with Gasteiger partial charge < -0.3 is 10.2 Å². The predicted octanol–water partition coefficient (Wildman–Crippen LogP) is 3.24. The number of nitrogens with zero attached hydrogens (tertiary/aromatic N) is 1. The van der Waals surface area contributed by atoms with Gasteiger partial charge >= 0.3 is 0 Å². The molecule has 6 nitrogen and oxygen atoms in total. The molecule has 1 atom stereocenters. The first-order valence-electron chi connectivity index (χ1n) is 9.71. The fourth-order valence-corrected chi connectivity index (χ4v) is 3.58. The normalized spacial score (nSPS) is 15.9. The minimum absolute atomic E-state index is 0.0535. The summed E-state index contributed by atoms with van der Waals surface area (Å²) in [5.41, 5.74) is 10.5. The molecular formula is C22H26N4O2S. The maximum absolute atomic E-state index is 12.5. The summed E-state index contributed by atoms with van der Waals surface area (Å²) < 4.78 is 0. The van der Waals surface area contributed by atoms with Crippen molar-refractivity contribution in [2.45, 2.75) is 33.6 Å². The molecule has 1 saturated heterocycles. The van der Waals surface area contributed by atoms with Gasteiger partial charge in [0.25, 0.3) is 0 Å². The fraction of sp³-hybridized carbons (Fsp3) is 0.318. The van der Waals surface area contributed by atoms with Gasteiger partial charge in [-0.05, 0) is 55.7 Å². The third kappa shape index (κ3) is 4.92. The van der Waals surface area contributed by atoms with Gasteiger partial charge in [0.2, 0.25) is 11.8 Å². The van der Waals surface area contributed by atoms with Crippen molar-refractivity contribution >= 4 is 40.5 Å². The molecule has 1 aliphatic heterocycles. The van der Waals surface area contributed by atoms with Crippen molar-refractivity contribution in [2.75, 3.05) is 16.8 Å². The number of aryl methyl sites for hydroxylation is 3. The fourth-order valence-electron chi connectivity index (χ4n) is 3.42. The lowest BCUT2D eigenvalue weighted by molar-refractivity contribution is -0.126. The number of rotatable bonds is 4.